The molecule has 0 radical (unpaired) electrons. The highest BCUT2D eigenvalue weighted by atomic mass is 16.5. The van der Waals surface area contributed by atoms with Crippen molar-refractivity contribution in [3.05, 3.63) is 53.7 Å². The van der Waals surface area contributed by atoms with Crippen LogP contribution < -0.4 is 4.74 Å². The van der Waals surface area contributed by atoms with Crippen LogP contribution in [0.2, 0.25) is 0 Å². The van der Waals surface area contributed by atoms with E-state index in [9.17, 15) is 14.7 Å². The molecule has 1 aromatic heterocycles. The van der Waals surface area contributed by atoms with Gasteiger partial charge in [0.25, 0.3) is 0 Å². The summed E-state index contributed by atoms with van der Waals surface area (Å²) in [5.74, 6) is -0.857. The van der Waals surface area contributed by atoms with Gasteiger partial charge in [-0.1, -0.05) is 18.2 Å². The minimum atomic E-state index is -0.534. The summed E-state index contributed by atoms with van der Waals surface area (Å²) >= 11 is 0. The fourth-order valence-corrected chi connectivity index (χ4v) is 3.05. The fraction of sp³-hybridized carbons (Fsp3) is 0.158. The van der Waals surface area contributed by atoms with Gasteiger partial charge in [0.05, 0.1) is 16.5 Å². The third-order valence-corrected chi connectivity index (χ3v) is 3.93. The van der Waals surface area contributed by atoms with Crippen molar-refractivity contribution in [1.82, 2.24) is 4.57 Å². The number of carbonyl (C=O) groups excluding carboxylic acids is 2. The average molecular weight is 323 g/mol. The molecule has 0 bridgehead atoms. The number of Topliss-reactive ketones (excluding diaryl/α,β-unsaturated/α-hetero) is 1. The van der Waals surface area contributed by atoms with Gasteiger partial charge < -0.3 is 14.4 Å². The highest BCUT2D eigenvalue weighted by Crippen LogP contribution is 2.40. The molecule has 0 aliphatic heterocycles. The Morgan fingerprint density at radius 2 is 1.71 bits per heavy atom. The zero-order valence-corrected chi connectivity index (χ0v) is 13.7. The van der Waals surface area contributed by atoms with E-state index in [1.54, 1.807) is 6.07 Å². The standard InChI is InChI=1S/C19H17NO4/c1-11-17(12(2)21)18-15(20(11)14-7-5-4-6-8-14)9-10-16(19(18)23)24-13(3)22/h4-10,23H,1-3H3. The van der Waals surface area contributed by atoms with Crippen LogP contribution in [0.25, 0.3) is 16.6 Å². The van der Waals surface area contributed by atoms with Crippen molar-refractivity contribution in [3.63, 3.8) is 0 Å². The second-order valence-electron chi connectivity index (χ2n) is 5.59. The Bertz CT molecular complexity index is 955. The predicted molar refractivity (Wildman–Crippen MR) is 91.0 cm³/mol. The molecule has 1 heterocycles. The molecule has 0 unspecified atom stereocenters. The van der Waals surface area contributed by atoms with E-state index in [1.165, 1.54) is 19.9 Å². The number of aromatic nitrogens is 1. The lowest BCUT2D eigenvalue weighted by Gasteiger charge is -2.09. The molecule has 0 amide bonds. The highest BCUT2D eigenvalue weighted by Gasteiger charge is 2.23. The second kappa shape index (κ2) is 5.85. The topological polar surface area (TPSA) is 68.5 Å². The molecule has 3 rings (SSSR count). The lowest BCUT2D eigenvalue weighted by Crippen LogP contribution is -2.02. The number of carbonyl (C=O) groups is 2. The first-order chi connectivity index (χ1) is 11.4. The molecule has 0 aliphatic carbocycles. The van der Waals surface area contributed by atoms with E-state index in [0.717, 1.165) is 11.4 Å². The highest BCUT2D eigenvalue weighted by molar-refractivity contribution is 6.11. The number of nitrogens with zero attached hydrogens (tertiary/aromatic N) is 1. The minimum absolute atomic E-state index is 0.0442. The Kier molecular flexibility index (Phi) is 3.85. The van der Waals surface area contributed by atoms with Gasteiger partial charge >= 0.3 is 5.97 Å². The number of ether oxygens (including phenoxy) is 1. The van der Waals surface area contributed by atoms with E-state index in [-0.39, 0.29) is 17.3 Å². The smallest absolute Gasteiger partial charge is 0.308 e. The fourth-order valence-electron chi connectivity index (χ4n) is 3.05. The lowest BCUT2D eigenvalue weighted by atomic mass is 10.1. The maximum atomic E-state index is 12.2. The first-order valence-corrected chi connectivity index (χ1v) is 7.53. The SMILES string of the molecule is CC(=O)Oc1ccc2c(c1O)c(C(C)=O)c(C)n2-c1ccccc1. The molecule has 2 aromatic carbocycles. The summed E-state index contributed by atoms with van der Waals surface area (Å²) in [5, 5.41) is 11.0. The molecule has 0 saturated carbocycles. The zero-order valence-electron chi connectivity index (χ0n) is 13.7. The van der Waals surface area contributed by atoms with Crippen molar-refractivity contribution in [2.45, 2.75) is 20.8 Å². The number of hydrogen-bond donors (Lipinski definition) is 1. The van der Waals surface area contributed by atoms with Crippen molar-refractivity contribution >= 4 is 22.7 Å². The van der Waals surface area contributed by atoms with E-state index in [2.05, 4.69) is 0 Å². The number of para-hydroxylation sites is 1. The Balaban J connectivity index is 2.40. The van der Waals surface area contributed by atoms with Gasteiger partial charge in [-0.2, -0.15) is 0 Å². The minimum Gasteiger partial charge on any atom is -0.504 e. The molecule has 0 spiro atoms. The van der Waals surface area contributed by atoms with E-state index >= 15 is 0 Å². The third kappa shape index (κ3) is 2.44. The van der Waals surface area contributed by atoms with Crippen LogP contribution in [0.15, 0.2) is 42.5 Å². The van der Waals surface area contributed by atoms with Gasteiger partial charge in [0.1, 0.15) is 0 Å². The van der Waals surface area contributed by atoms with Crippen LogP contribution in [0.3, 0.4) is 0 Å². The number of rotatable bonds is 3. The van der Waals surface area contributed by atoms with Gasteiger partial charge in [-0.05, 0) is 38.1 Å². The van der Waals surface area contributed by atoms with Gasteiger partial charge in [-0.25, -0.2) is 0 Å². The van der Waals surface area contributed by atoms with Gasteiger partial charge in [0, 0.05) is 18.3 Å². The first kappa shape index (κ1) is 15.8. The number of fused-ring (bicyclic) bond motifs is 1. The Labute approximate surface area is 139 Å². The molecule has 0 atom stereocenters. The van der Waals surface area contributed by atoms with Gasteiger partial charge in [0.15, 0.2) is 17.3 Å². The summed E-state index contributed by atoms with van der Waals surface area (Å²) in [5.41, 5.74) is 2.70. The molecule has 1 N–H and O–H groups in total. The Hall–Kier alpha value is -3.08. The summed E-state index contributed by atoms with van der Waals surface area (Å²) in [6, 6.07) is 12.8. The normalized spacial score (nSPS) is 10.8. The molecular formula is C19H17NO4. The van der Waals surface area contributed by atoms with Crippen LogP contribution >= 0.6 is 0 Å². The largest absolute Gasteiger partial charge is 0.504 e. The quantitative estimate of drug-likeness (QED) is 0.452. The van der Waals surface area contributed by atoms with E-state index in [0.29, 0.717) is 16.5 Å². The molecule has 122 valence electrons. The number of benzene rings is 2. The third-order valence-electron chi connectivity index (χ3n) is 3.93. The van der Waals surface area contributed by atoms with Crippen molar-refractivity contribution < 1.29 is 19.4 Å². The second-order valence-corrected chi connectivity index (χ2v) is 5.59. The van der Waals surface area contributed by atoms with Crippen molar-refractivity contribution in [2.24, 2.45) is 0 Å². The number of aromatic hydroxyl groups is 1. The van der Waals surface area contributed by atoms with E-state index in [4.69, 9.17) is 4.74 Å². The lowest BCUT2D eigenvalue weighted by molar-refractivity contribution is -0.132. The van der Waals surface area contributed by atoms with Crippen molar-refractivity contribution in [3.8, 4) is 17.2 Å². The maximum Gasteiger partial charge on any atom is 0.308 e. The maximum absolute atomic E-state index is 12.2. The monoisotopic (exact) mass is 323 g/mol. The first-order valence-electron chi connectivity index (χ1n) is 7.53. The summed E-state index contributed by atoms with van der Waals surface area (Å²) < 4.78 is 6.94. The van der Waals surface area contributed by atoms with Crippen molar-refractivity contribution in [2.75, 3.05) is 0 Å². The van der Waals surface area contributed by atoms with E-state index in [1.807, 2.05) is 41.8 Å². The summed E-state index contributed by atoms with van der Waals surface area (Å²) in [7, 11) is 0. The molecule has 3 aromatic rings. The van der Waals surface area contributed by atoms with Crippen LogP contribution in [0.4, 0.5) is 0 Å². The summed E-state index contributed by atoms with van der Waals surface area (Å²) in [6.45, 7) is 4.54. The molecular weight excluding hydrogens is 306 g/mol. The predicted octanol–water partition coefficient (Wildman–Crippen LogP) is 3.77. The number of ketones is 1. The number of phenolic OH excluding ortho intramolecular Hbond substituents is 1. The van der Waals surface area contributed by atoms with Crippen LogP contribution in [0.5, 0.6) is 11.5 Å². The zero-order chi connectivity index (χ0) is 17.4. The summed E-state index contributed by atoms with van der Waals surface area (Å²) in [6.07, 6.45) is 0. The summed E-state index contributed by atoms with van der Waals surface area (Å²) in [4.78, 5) is 23.4. The Morgan fingerprint density at radius 3 is 2.29 bits per heavy atom. The van der Waals surface area contributed by atoms with Crippen LogP contribution in [0.1, 0.15) is 29.9 Å². The van der Waals surface area contributed by atoms with Crippen LogP contribution in [0, 0.1) is 6.92 Å². The Morgan fingerprint density at radius 1 is 1.04 bits per heavy atom. The molecule has 24 heavy (non-hydrogen) atoms. The molecule has 0 aliphatic rings. The molecule has 5 heteroatoms. The van der Waals surface area contributed by atoms with Gasteiger partial charge in [-0.15, -0.1) is 0 Å². The van der Waals surface area contributed by atoms with Gasteiger partial charge in [0.2, 0.25) is 0 Å². The number of hydrogen-bond acceptors (Lipinski definition) is 4. The number of phenols is 1. The molecule has 0 saturated heterocycles. The number of esters is 1. The van der Waals surface area contributed by atoms with Crippen LogP contribution in [-0.4, -0.2) is 21.4 Å². The molecule has 0 fully saturated rings. The van der Waals surface area contributed by atoms with E-state index < -0.39 is 5.97 Å². The van der Waals surface area contributed by atoms with Gasteiger partial charge in [-0.3, -0.25) is 9.59 Å². The van der Waals surface area contributed by atoms with Crippen LogP contribution in [-0.2, 0) is 4.79 Å². The molecule has 5 nitrogen and oxygen atoms in total. The average Bonchev–Trinajstić information content (AvgIpc) is 2.83. The van der Waals surface area contributed by atoms with Crippen molar-refractivity contribution in [1.29, 1.82) is 0 Å².